The zero-order valence-electron chi connectivity index (χ0n) is 18.8. The Kier molecular flexibility index (Phi) is 9.52. The molecule has 1 unspecified atom stereocenters. The SMILES string of the molecule is CCN(CC)S(=O)(=O)c1cccc(-c2nnc(SCC(=O)NC(C)CCC(C)C)o2)c1. The number of hydrogen-bond acceptors (Lipinski definition) is 7. The monoisotopic (exact) mass is 468 g/mol. The first-order valence-electron chi connectivity index (χ1n) is 10.5. The van der Waals surface area contributed by atoms with Crippen molar-refractivity contribution in [2.24, 2.45) is 5.92 Å². The largest absolute Gasteiger partial charge is 0.411 e. The first-order valence-corrected chi connectivity index (χ1v) is 13.0. The Hall–Kier alpha value is -1.91. The first-order chi connectivity index (χ1) is 14.7. The van der Waals surface area contributed by atoms with Crippen molar-refractivity contribution in [3.63, 3.8) is 0 Å². The van der Waals surface area contributed by atoms with Gasteiger partial charge in [0, 0.05) is 24.7 Å². The van der Waals surface area contributed by atoms with Gasteiger partial charge >= 0.3 is 0 Å². The van der Waals surface area contributed by atoms with E-state index in [1.807, 2.05) is 6.92 Å². The molecule has 1 aromatic heterocycles. The normalized spacial score (nSPS) is 13.0. The van der Waals surface area contributed by atoms with Crippen molar-refractivity contribution in [2.75, 3.05) is 18.8 Å². The van der Waals surface area contributed by atoms with Crippen molar-refractivity contribution in [1.82, 2.24) is 19.8 Å². The Morgan fingerprint density at radius 1 is 1.16 bits per heavy atom. The molecule has 2 rings (SSSR count). The molecule has 0 aliphatic carbocycles. The molecule has 1 amide bonds. The fourth-order valence-electron chi connectivity index (χ4n) is 2.99. The van der Waals surface area contributed by atoms with E-state index in [1.54, 1.807) is 32.0 Å². The molecule has 0 saturated carbocycles. The molecule has 2 aromatic rings. The lowest BCUT2D eigenvalue weighted by Gasteiger charge is -2.18. The summed E-state index contributed by atoms with van der Waals surface area (Å²) in [5, 5.41) is 11.2. The highest BCUT2D eigenvalue weighted by Gasteiger charge is 2.22. The van der Waals surface area contributed by atoms with Crippen molar-refractivity contribution in [1.29, 1.82) is 0 Å². The summed E-state index contributed by atoms with van der Waals surface area (Å²) in [7, 11) is -3.58. The molecule has 0 aliphatic heterocycles. The highest BCUT2D eigenvalue weighted by molar-refractivity contribution is 7.99. The van der Waals surface area contributed by atoms with Crippen molar-refractivity contribution >= 4 is 27.7 Å². The number of aromatic nitrogens is 2. The second-order valence-corrected chi connectivity index (χ2v) is 10.6. The lowest BCUT2D eigenvalue weighted by atomic mass is 10.0. The molecule has 1 N–H and O–H groups in total. The molecule has 0 spiro atoms. The summed E-state index contributed by atoms with van der Waals surface area (Å²) >= 11 is 1.15. The molecule has 0 saturated heterocycles. The Balaban J connectivity index is 2.01. The number of thioether (sulfide) groups is 1. The van der Waals surface area contributed by atoms with Crippen LogP contribution in [0.2, 0.25) is 0 Å². The highest BCUT2D eigenvalue weighted by atomic mass is 32.2. The van der Waals surface area contributed by atoms with E-state index < -0.39 is 10.0 Å². The fourth-order valence-corrected chi connectivity index (χ4v) is 5.06. The summed E-state index contributed by atoms with van der Waals surface area (Å²) in [6.45, 7) is 10.7. The minimum atomic E-state index is -3.58. The Morgan fingerprint density at radius 3 is 2.52 bits per heavy atom. The smallest absolute Gasteiger partial charge is 0.277 e. The topological polar surface area (TPSA) is 105 Å². The van der Waals surface area contributed by atoms with Gasteiger partial charge < -0.3 is 9.73 Å². The molecule has 0 radical (unpaired) electrons. The van der Waals surface area contributed by atoms with Gasteiger partial charge in [-0.3, -0.25) is 4.79 Å². The van der Waals surface area contributed by atoms with Crippen molar-refractivity contribution in [2.45, 2.75) is 63.6 Å². The molecule has 0 bridgehead atoms. The Labute approximate surface area is 189 Å². The van der Waals surface area contributed by atoms with E-state index in [4.69, 9.17) is 4.42 Å². The minimum absolute atomic E-state index is 0.0895. The molecular weight excluding hydrogens is 436 g/mol. The maximum absolute atomic E-state index is 12.7. The molecule has 1 aromatic carbocycles. The molecule has 0 aliphatic rings. The van der Waals surface area contributed by atoms with E-state index in [9.17, 15) is 13.2 Å². The maximum Gasteiger partial charge on any atom is 0.277 e. The molecule has 10 heteroatoms. The predicted octanol–water partition coefficient (Wildman–Crippen LogP) is 3.80. The van der Waals surface area contributed by atoms with Crippen LogP contribution in [-0.2, 0) is 14.8 Å². The average Bonchev–Trinajstić information content (AvgIpc) is 3.21. The minimum Gasteiger partial charge on any atom is -0.411 e. The van der Waals surface area contributed by atoms with Crippen molar-refractivity contribution in [3.05, 3.63) is 24.3 Å². The number of nitrogens with one attached hydrogen (secondary N) is 1. The summed E-state index contributed by atoms with van der Waals surface area (Å²) in [4.78, 5) is 12.3. The van der Waals surface area contributed by atoms with Crippen LogP contribution in [0.5, 0.6) is 0 Å². The van der Waals surface area contributed by atoms with Gasteiger partial charge in [-0.15, -0.1) is 10.2 Å². The van der Waals surface area contributed by atoms with Gasteiger partial charge in [0.15, 0.2) is 0 Å². The lowest BCUT2D eigenvalue weighted by molar-refractivity contribution is -0.119. The van der Waals surface area contributed by atoms with Crippen LogP contribution >= 0.6 is 11.8 Å². The molecular formula is C21H32N4O4S2. The summed E-state index contributed by atoms with van der Waals surface area (Å²) in [5.41, 5.74) is 0.513. The van der Waals surface area contributed by atoms with Crippen LogP contribution < -0.4 is 5.32 Å². The number of benzene rings is 1. The Bertz CT molecular complexity index is 956. The van der Waals surface area contributed by atoms with Crippen LogP contribution in [-0.4, -0.2) is 53.7 Å². The van der Waals surface area contributed by atoms with Crippen LogP contribution in [0, 0.1) is 5.92 Å². The van der Waals surface area contributed by atoms with Gasteiger partial charge in [0.05, 0.1) is 10.6 Å². The van der Waals surface area contributed by atoms with Crippen LogP contribution in [0.1, 0.15) is 47.5 Å². The standard InChI is InChI=1S/C21H32N4O4S2/c1-6-25(7-2)31(27,28)18-10-8-9-17(13-18)20-23-24-21(29-20)30-14-19(26)22-16(5)12-11-15(3)4/h8-10,13,15-16H,6-7,11-12,14H2,1-5H3,(H,22,26). The summed E-state index contributed by atoms with van der Waals surface area (Å²) < 4.78 is 32.5. The molecule has 0 fully saturated rings. The molecule has 172 valence electrons. The third-order valence-corrected chi connectivity index (χ3v) is 7.61. The first kappa shape index (κ1) is 25.4. The molecule has 31 heavy (non-hydrogen) atoms. The van der Waals surface area contributed by atoms with Crippen molar-refractivity contribution in [3.8, 4) is 11.5 Å². The third-order valence-electron chi connectivity index (χ3n) is 4.74. The average molecular weight is 469 g/mol. The van der Waals surface area contributed by atoms with Gasteiger partial charge in [0.25, 0.3) is 5.22 Å². The van der Waals surface area contributed by atoms with Gasteiger partial charge in [-0.1, -0.05) is 45.5 Å². The van der Waals surface area contributed by atoms with Gasteiger partial charge in [-0.05, 0) is 43.9 Å². The third kappa shape index (κ3) is 7.33. The molecule has 1 heterocycles. The number of amides is 1. The van der Waals surface area contributed by atoms with Gasteiger partial charge in [-0.25, -0.2) is 8.42 Å². The maximum atomic E-state index is 12.7. The quantitative estimate of drug-likeness (QED) is 0.472. The van der Waals surface area contributed by atoms with Crippen LogP contribution in [0.3, 0.4) is 0 Å². The van der Waals surface area contributed by atoms with E-state index in [0.717, 1.165) is 24.6 Å². The second kappa shape index (κ2) is 11.6. The zero-order valence-corrected chi connectivity index (χ0v) is 20.4. The summed E-state index contributed by atoms with van der Waals surface area (Å²) in [6.07, 6.45) is 2.00. The van der Waals surface area contributed by atoms with E-state index in [1.165, 1.54) is 10.4 Å². The van der Waals surface area contributed by atoms with Crippen molar-refractivity contribution < 1.29 is 17.6 Å². The van der Waals surface area contributed by atoms with Gasteiger partial charge in [0.1, 0.15) is 0 Å². The molecule has 8 nitrogen and oxygen atoms in total. The highest BCUT2D eigenvalue weighted by Crippen LogP contribution is 2.26. The number of hydrogen-bond donors (Lipinski definition) is 1. The van der Waals surface area contributed by atoms with E-state index in [-0.39, 0.29) is 33.7 Å². The fraction of sp³-hybridized carbons (Fsp3) is 0.571. The number of rotatable bonds is 12. The Morgan fingerprint density at radius 2 is 1.87 bits per heavy atom. The van der Waals surface area contributed by atoms with Crippen LogP contribution in [0.4, 0.5) is 0 Å². The lowest BCUT2D eigenvalue weighted by Crippen LogP contribution is -2.34. The van der Waals surface area contributed by atoms with Gasteiger partial charge in [0.2, 0.25) is 21.8 Å². The predicted molar refractivity (Wildman–Crippen MR) is 122 cm³/mol. The number of sulfonamides is 1. The van der Waals surface area contributed by atoms with E-state index in [2.05, 4.69) is 29.4 Å². The van der Waals surface area contributed by atoms with Gasteiger partial charge in [-0.2, -0.15) is 4.31 Å². The second-order valence-electron chi connectivity index (χ2n) is 7.72. The zero-order chi connectivity index (χ0) is 23.0. The van der Waals surface area contributed by atoms with E-state index >= 15 is 0 Å². The number of carbonyl (C=O) groups is 1. The summed E-state index contributed by atoms with van der Waals surface area (Å²) in [5.74, 6) is 0.897. The number of carbonyl (C=O) groups excluding carboxylic acids is 1. The van der Waals surface area contributed by atoms with Crippen LogP contribution in [0.25, 0.3) is 11.5 Å². The van der Waals surface area contributed by atoms with E-state index in [0.29, 0.717) is 24.6 Å². The molecule has 1 atom stereocenters. The number of nitrogens with zero attached hydrogens (tertiary/aromatic N) is 3. The summed E-state index contributed by atoms with van der Waals surface area (Å²) in [6, 6.07) is 6.55. The van der Waals surface area contributed by atoms with Crippen LogP contribution in [0.15, 0.2) is 38.8 Å².